The van der Waals surface area contributed by atoms with Gasteiger partial charge >= 0.3 is 0 Å². The molecular formula is C2H8O3. The van der Waals surface area contributed by atoms with Gasteiger partial charge in [0.25, 0.3) is 0 Å². The first kappa shape index (κ1) is 8.86. The number of rotatable bonds is 0. The maximum Gasteiger partial charge on any atom is -0.0683 e. The molecule has 0 bridgehead atoms. The zero-order chi connectivity index (χ0) is 4.71. The maximum absolute atomic E-state index is 6.62. The van der Waals surface area contributed by atoms with Gasteiger partial charge in [-0.3, -0.25) is 0 Å². The molecule has 0 aromatic rings. The van der Waals surface area contributed by atoms with E-state index < -0.39 is 0 Å². The van der Waals surface area contributed by atoms with Gasteiger partial charge in [0, 0.05) is 0 Å². The number of hydrogen-bond acceptors (Lipinski definition) is 3. The van der Waals surface area contributed by atoms with Crippen LogP contribution in [0.25, 0.3) is 0 Å². The van der Waals surface area contributed by atoms with Crippen molar-refractivity contribution >= 4 is 0 Å². The molecule has 0 aliphatic rings. The lowest BCUT2D eigenvalue weighted by Crippen LogP contribution is -1.60. The minimum absolute atomic E-state index is 2.00. The van der Waals surface area contributed by atoms with E-state index in [-0.39, 0.29) is 0 Å². The Bertz CT molecular complexity index is 4.85. The second-order valence-electron chi connectivity index (χ2n) is 0.0816. The first-order chi connectivity index (χ1) is 2.41. The molecule has 0 radical (unpaired) electrons. The Morgan fingerprint density at radius 2 is 1.20 bits per heavy atom. The first-order valence-electron chi connectivity index (χ1n) is 1.37. The molecule has 0 saturated carbocycles. The predicted octanol–water partition coefficient (Wildman–Crippen LogP) is 0.975. The van der Waals surface area contributed by atoms with Crippen molar-refractivity contribution in [1.82, 2.24) is 0 Å². The Morgan fingerprint density at radius 1 is 1.20 bits per heavy atom. The molecule has 5 heavy (non-hydrogen) atoms. The smallest absolute Gasteiger partial charge is 0.0683 e. The van der Waals surface area contributed by atoms with Crippen LogP contribution in [0.1, 0.15) is 13.8 Å². The van der Waals surface area contributed by atoms with Crippen molar-refractivity contribution in [2.75, 3.05) is 0 Å². The molecule has 0 spiro atoms. The molecule has 3 nitrogen and oxygen atoms in total. The van der Waals surface area contributed by atoms with Crippen LogP contribution in [0.4, 0.5) is 0 Å². The highest BCUT2D eigenvalue weighted by Crippen LogP contribution is 1.24. The summed E-state index contributed by atoms with van der Waals surface area (Å²) >= 11 is 0. The maximum atomic E-state index is 6.62. The van der Waals surface area contributed by atoms with Gasteiger partial charge in [-0.15, -0.1) is 0 Å². The van der Waals surface area contributed by atoms with Crippen molar-refractivity contribution in [1.29, 1.82) is 0 Å². The summed E-state index contributed by atoms with van der Waals surface area (Å²) in [6, 6.07) is 0. The number of hydrogen-bond donors (Lipinski definition) is 2. The third-order valence-electron chi connectivity index (χ3n) is 0. The highest BCUT2D eigenvalue weighted by Gasteiger charge is 1.27. The quantitative estimate of drug-likeness (QED) is 0.337. The van der Waals surface area contributed by atoms with E-state index in [1.54, 1.807) is 0 Å². The van der Waals surface area contributed by atoms with Crippen LogP contribution in [-0.4, -0.2) is 10.5 Å². The van der Waals surface area contributed by atoms with E-state index in [1.807, 2.05) is 13.8 Å². The van der Waals surface area contributed by atoms with Crippen LogP contribution in [-0.2, 0) is 5.04 Å². The Balaban J connectivity index is 0. The fraction of sp³-hybridized carbons (Fsp3) is 1.00. The van der Waals surface area contributed by atoms with Crippen LogP contribution in [0, 0.1) is 0 Å². The summed E-state index contributed by atoms with van der Waals surface area (Å²) in [5, 5.41) is 15.5. The van der Waals surface area contributed by atoms with Crippen molar-refractivity contribution in [3.63, 3.8) is 0 Å². The van der Waals surface area contributed by atoms with Crippen LogP contribution in [0.5, 0.6) is 0 Å². The Morgan fingerprint density at radius 3 is 1.20 bits per heavy atom. The van der Waals surface area contributed by atoms with Crippen molar-refractivity contribution in [3.8, 4) is 0 Å². The average Bonchev–Trinajstić information content (AvgIpc) is 1.46. The lowest BCUT2D eigenvalue weighted by Gasteiger charge is -1.56. The molecule has 0 aromatic carbocycles. The van der Waals surface area contributed by atoms with Gasteiger partial charge < -0.3 is 0 Å². The second-order valence-corrected chi connectivity index (χ2v) is 0.0816. The molecule has 0 aliphatic heterocycles. The highest BCUT2D eigenvalue weighted by atomic mass is 17.4. The van der Waals surface area contributed by atoms with Crippen LogP contribution >= 0.6 is 0 Å². The molecule has 0 fully saturated rings. The lowest BCUT2D eigenvalue weighted by atomic mass is 11.0. The van der Waals surface area contributed by atoms with Gasteiger partial charge in [-0.05, 0) is 0 Å². The molecule has 0 aliphatic carbocycles. The van der Waals surface area contributed by atoms with E-state index >= 15 is 0 Å². The third-order valence-corrected chi connectivity index (χ3v) is 0. The lowest BCUT2D eigenvalue weighted by molar-refractivity contribution is -0.465. The Kier molecular flexibility index (Phi) is 73.6. The summed E-state index contributed by atoms with van der Waals surface area (Å²) < 4.78 is 0. The fourth-order valence-electron chi connectivity index (χ4n) is 0. The van der Waals surface area contributed by atoms with Crippen molar-refractivity contribution < 1.29 is 15.6 Å². The molecule has 0 amide bonds. The standard InChI is InChI=1S/C2H6.H2O3/c1-2;1-3-2/h1-2H3;1-2H. The van der Waals surface area contributed by atoms with Crippen LogP contribution in [0.15, 0.2) is 0 Å². The topological polar surface area (TPSA) is 49.7 Å². The normalized spacial score (nSPS) is 4.80. The molecular weight excluding hydrogens is 72.0 g/mol. The summed E-state index contributed by atoms with van der Waals surface area (Å²) in [6.45, 7) is 4.00. The van der Waals surface area contributed by atoms with Gasteiger partial charge in [0.15, 0.2) is 0 Å². The summed E-state index contributed by atoms with van der Waals surface area (Å²) in [6.07, 6.45) is 0. The second kappa shape index (κ2) is 41.6. The van der Waals surface area contributed by atoms with Gasteiger partial charge in [-0.1, -0.05) is 18.9 Å². The van der Waals surface area contributed by atoms with Crippen molar-refractivity contribution in [2.24, 2.45) is 0 Å². The van der Waals surface area contributed by atoms with Crippen molar-refractivity contribution in [2.45, 2.75) is 13.8 Å². The zero-order valence-corrected chi connectivity index (χ0v) is 3.30. The zero-order valence-electron chi connectivity index (χ0n) is 3.30. The molecule has 0 heterocycles. The molecule has 0 rings (SSSR count). The Labute approximate surface area is 30.7 Å². The van der Waals surface area contributed by atoms with E-state index in [1.165, 1.54) is 0 Å². The van der Waals surface area contributed by atoms with Crippen LogP contribution < -0.4 is 0 Å². The van der Waals surface area contributed by atoms with Gasteiger partial charge in [0.2, 0.25) is 0 Å². The predicted molar refractivity (Wildman–Crippen MR) is 17.7 cm³/mol. The van der Waals surface area contributed by atoms with Crippen molar-refractivity contribution in [3.05, 3.63) is 0 Å². The SMILES string of the molecule is CC.OOO. The highest BCUT2D eigenvalue weighted by molar-refractivity contribution is 3.50. The van der Waals surface area contributed by atoms with E-state index in [9.17, 15) is 0 Å². The van der Waals surface area contributed by atoms with Crippen LogP contribution in [0.2, 0.25) is 0 Å². The largest absolute Gasteiger partial charge is 0.221 e. The summed E-state index contributed by atoms with van der Waals surface area (Å²) in [7, 11) is 0. The van der Waals surface area contributed by atoms with E-state index in [0.29, 0.717) is 0 Å². The molecule has 0 atom stereocenters. The molecule has 2 N–H and O–H groups in total. The molecule has 0 aromatic heterocycles. The summed E-state index contributed by atoms with van der Waals surface area (Å²) in [5.41, 5.74) is 0. The minimum Gasteiger partial charge on any atom is -0.221 e. The fourth-order valence-corrected chi connectivity index (χ4v) is 0. The van der Waals surface area contributed by atoms with Gasteiger partial charge in [-0.25, -0.2) is 10.5 Å². The Hall–Kier alpha value is -0.120. The molecule has 0 saturated heterocycles. The first-order valence-corrected chi connectivity index (χ1v) is 1.37. The molecule has 3 heteroatoms. The van der Waals surface area contributed by atoms with Gasteiger partial charge in [-0.2, -0.15) is 0 Å². The molecule has 34 valence electrons. The summed E-state index contributed by atoms with van der Waals surface area (Å²) in [4.78, 5) is 0. The van der Waals surface area contributed by atoms with Crippen LogP contribution in [0.3, 0.4) is 0 Å². The third kappa shape index (κ3) is 952. The monoisotopic (exact) mass is 80.0 g/mol. The summed E-state index contributed by atoms with van der Waals surface area (Å²) in [5.74, 6) is 0. The van der Waals surface area contributed by atoms with E-state index in [4.69, 9.17) is 10.5 Å². The van der Waals surface area contributed by atoms with Gasteiger partial charge in [0.1, 0.15) is 0 Å². The van der Waals surface area contributed by atoms with E-state index in [0.717, 1.165) is 0 Å². The average molecular weight is 80.1 g/mol. The van der Waals surface area contributed by atoms with Gasteiger partial charge in [0.05, 0.1) is 0 Å². The molecule has 0 unspecified atom stereocenters. The van der Waals surface area contributed by atoms with E-state index in [2.05, 4.69) is 5.04 Å². The minimum atomic E-state index is 2.00.